The predicted molar refractivity (Wildman–Crippen MR) is 52.3 cm³/mol. The second-order valence-electron chi connectivity index (χ2n) is 3.43. The van der Waals surface area contributed by atoms with Crippen LogP contribution in [0.2, 0.25) is 0 Å². The Morgan fingerprint density at radius 3 is 2.27 bits per heavy atom. The topological polar surface area (TPSA) is 0 Å². The summed E-state index contributed by atoms with van der Waals surface area (Å²) >= 11 is 0. The molecule has 0 aromatic heterocycles. The van der Waals surface area contributed by atoms with Gasteiger partial charge in [0.25, 0.3) is 0 Å². The molecule has 0 aliphatic rings. The second-order valence-corrected chi connectivity index (χ2v) is 3.43. The van der Waals surface area contributed by atoms with E-state index >= 15 is 0 Å². The predicted octanol–water partition coefficient (Wildman–Crippen LogP) is 3.76. The van der Waals surface area contributed by atoms with Gasteiger partial charge in [-0.2, -0.15) is 0 Å². The van der Waals surface area contributed by atoms with Crippen LogP contribution in [0.5, 0.6) is 0 Å². The van der Waals surface area contributed by atoms with Crippen molar-refractivity contribution in [2.75, 3.05) is 0 Å². The van der Waals surface area contributed by atoms with Gasteiger partial charge in [0.15, 0.2) is 0 Å². The smallest absolute Gasteiger partial charge is 0.0135 e. The fourth-order valence-corrected chi connectivity index (χ4v) is 0.740. The van der Waals surface area contributed by atoms with Gasteiger partial charge < -0.3 is 0 Å². The second kappa shape index (κ2) is 5.17. The highest BCUT2D eigenvalue weighted by Gasteiger charge is 1.99. The molecule has 0 aromatic carbocycles. The molecule has 0 unspecified atom stereocenters. The third kappa shape index (κ3) is 5.90. The van der Waals surface area contributed by atoms with Crippen LogP contribution in [-0.4, -0.2) is 0 Å². The zero-order chi connectivity index (χ0) is 8.85. The van der Waals surface area contributed by atoms with Crippen molar-refractivity contribution >= 4 is 0 Å². The van der Waals surface area contributed by atoms with E-state index in [1.807, 2.05) is 0 Å². The Balaban J connectivity index is 3.39. The van der Waals surface area contributed by atoms with Crippen molar-refractivity contribution in [3.8, 4) is 0 Å². The molecule has 0 bridgehead atoms. The summed E-state index contributed by atoms with van der Waals surface area (Å²) in [6.45, 7) is 14.2. The molecular weight excluding hydrogens is 132 g/mol. The number of hydrogen-bond donors (Lipinski definition) is 0. The average molecular weight is 151 g/mol. The molecule has 0 spiro atoms. The Kier molecular flexibility index (Phi) is 4.93. The minimum absolute atomic E-state index is 0.583. The van der Waals surface area contributed by atoms with Gasteiger partial charge >= 0.3 is 0 Å². The van der Waals surface area contributed by atoms with Gasteiger partial charge in [0.1, 0.15) is 0 Å². The summed E-state index contributed by atoms with van der Waals surface area (Å²) in [6.07, 6.45) is 4.39. The van der Waals surface area contributed by atoms with Crippen LogP contribution >= 0.6 is 0 Å². The first-order valence-corrected chi connectivity index (χ1v) is 4.20. The molecule has 0 atom stereocenters. The molecule has 0 aromatic rings. The standard InChI is InChI=1S/C11H19/c1-9(2)7-6-8-11(5)10(3)4/h8,10H,1,5-7H2,2-4H3. The Morgan fingerprint density at radius 1 is 1.36 bits per heavy atom. The fraction of sp³-hybridized carbons (Fsp3) is 0.545. The quantitative estimate of drug-likeness (QED) is 0.525. The van der Waals surface area contributed by atoms with Crippen LogP contribution in [-0.2, 0) is 0 Å². The van der Waals surface area contributed by atoms with Crippen LogP contribution in [0.25, 0.3) is 0 Å². The summed E-state index contributed by atoms with van der Waals surface area (Å²) in [4.78, 5) is 0. The minimum Gasteiger partial charge on any atom is -0.100 e. The van der Waals surface area contributed by atoms with E-state index in [4.69, 9.17) is 0 Å². The van der Waals surface area contributed by atoms with Gasteiger partial charge in [0, 0.05) is 0 Å². The summed E-state index contributed by atoms with van der Waals surface area (Å²) in [5, 5.41) is 0. The van der Waals surface area contributed by atoms with Gasteiger partial charge in [-0.25, -0.2) is 0 Å². The highest BCUT2D eigenvalue weighted by Crippen LogP contribution is 2.14. The van der Waals surface area contributed by atoms with Crippen molar-refractivity contribution < 1.29 is 0 Å². The summed E-state index contributed by atoms with van der Waals surface area (Å²) in [5.41, 5.74) is 2.49. The highest BCUT2D eigenvalue weighted by atomic mass is 14.0. The Morgan fingerprint density at radius 2 is 1.91 bits per heavy atom. The summed E-state index contributed by atoms with van der Waals surface area (Å²) in [5.74, 6) is 0.583. The molecule has 63 valence electrons. The lowest BCUT2D eigenvalue weighted by Crippen LogP contribution is -1.93. The molecule has 0 aliphatic carbocycles. The lowest BCUT2D eigenvalue weighted by molar-refractivity contribution is 0.757. The first kappa shape index (κ1) is 10.5. The number of allylic oxidation sites excluding steroid dienone is 2. The van der Waals surface area contributed by atoms with Crippen LogP contribution in [0.3, 0.4) is 0 Å². The lowest BCUT2D eigenvalue weighted by atomic mass is 9.98. The number of hydrogen-bond acceptors (Lipinski definition) is 0. The number of rotatable bonds is 5. The largest absolute Gasteiger partial charge is 0.100 e. The molecule has 11 heavy (non-hydrogen) atoms. The third-order valence-electron chi connectivity index (χ3n) is 1.72. The summed E-state index contributed by atoms with van der Waals surface area (Å²) in [6, 6.07) is 0. The molecule has 0 saturated heterocycles. The van der Waals surface area contributed by atoms with Crippen LogP contribution in [0.15, 0.2) is 24.3 Å². The molecule has 0 amide bonds. The van der Waals surface area contributed by atoms with E-state index in [2.05, 4.69) is 40.3 Å². The summed E-state index contributed by atoms with van der Waals surface area (Å²) < 4.78 is 0. The monoisotopic (exact) mass is 151 g/mol. The third-order valence-corrected chi connectivity index (χ3v) is 1.72. The Hall–Kier alpha value is -0.520. The molecule has 0 nitrogen and oxygen atoms in total. The van der Waals surface area contributed by atoms with Crippen molar-refractivity contribution in [1.82, 2.24) is 0 Å². The summed E-state index contributed by atoms with van der Waals surface area (Å²) in [7, 11) is 0. The normalized spacial score (nSPS) is 10.2. The van der Waals surface area contributed by atoms with Gasteiger partial charge in [-0.3, -0.25) is 0 Å². The van der Waals surface area contributed by atoms with Gasteiger partial charge in [0.05, 0.1) is 0 Å². The van der Waals surface area contributed by atoms with Gasteiger partial charge in [0.2, 0.25) is 0 Å². The van der Waals surface area contributed by atoms with Crippen molar-refractivity contribution in [3.63, 3.8) is 0 Å². The van der Waals surface area contributed by atoms with Crippen LogP contribution < -0.4 is 0 Å². The van der Waals surface area contributed by atoms with E-state index in [0.29, 0.717) is 5.92 Å². The van der Waals surface area contributed by atoms with Crippen LogP contribution in [0.1, 0.15) is 33.6 Å². The molecule has 0 heterocycles. The Labute approximate surface area is 71.0 Å². The first-order chi connectivity index (χ1) is 5.04. The molecule has 0 aliphatic heterocycles. The van der Waals surface area contributed by atoms with Crippen LogP contribution in [0.4, 0.5) is 0 Å². The molecule has 0 rings (SSSR count). The van der Waals surface area contributed by atoms with E-state index < -0.39 is 0 Å². The van der Waals surface area contributed by atoms with Gasteiger partial charge in [-0.1, -0.05) is 31.6 Å². The van der Waals surface area contributed by atoms with Crippen LogP contribution in [0, 0.1) is 12.3 Å². The maximum atomic E-state index is 3.97. The van der Waals surface area contributed by atoms with Crippen molar-refractivity contribution in [3.05, 3.63) is 30.7 Å². The van der Waals surface area contributed by atoms with E-state index in [0.717, 1.165) is 12.8 Å². The van der Waals surface area contributed by atoms with E-state index in [1.165, 1.54) is 11.1 Å². The molecular formula is C11H19. The van der Waals surface area contributed by atoms with E-state index in [9.17, 15) is 0 Å². The lowest BCUT2D eigenvalue weighted by Gasteiger charge is -2.07. The van der Waals surface area contributed by atoms with E-state index in [-0.39, 0.29) is 0 Å². The zero-order valence-electron chi connectivity index (χ0n) is 7.98. The highest BCUT2D eigenvalue weighted by molar-refractivity contribution is 5.11. The SMILES string of the molecule is C=C(C)CC[CH]C(=C)C(C)C. The van der Waals surface area contributed by atoms with Crippen molar-refractivity contribution in [2.45, 2.75) is 33.6 Å². The first-order valence-electron chi connectivity index (χ1n) is 4.20. The molecule has 0 fully saturated rings. The Bertz CT molecular complexity index is 140. The van der Waals surface area contributed by atoms with Crippen molar-refractivity contribution in [2.24, 2.45) is 5.92 Å². The van der Waals surface area contributed by atoms with Crippen molar-refractivity contribution in [1.29, 1.82) is 0 Å². The van der Waals surface area contributed by atoms with Gasteiger partial charge in [-0.05, 0) is 32.1 Å². The maximum Gasteiger partial charge on any atom is -0.0135 e. The zero-order valence-corrected chi connectivity index (χ0v) is 7.98. The maximum absolute atomic E-state index is 3.97. The van der Waals surface area contributed by atoms with Gasteiger partial charge in [-0.15, -0.1) is 6.58 Å². The molecule has 0 heteroatoms. The average Bonchev–Trinajstić information content (AvgIpc) is 1.86. The molecule has 0 saturated carbocycles. The van der Waals surface area contributed by atoms with E-state index in [1.54, 1.807) is 0 Å². The molecule has 1 radical (unpaired) electrons. The fourth-order valence-electron chi connectivity index (χ4n) is 0.740. The minimum atomic E-state index is 0.583. The molecule has 0 N–H and O–H groups in total.